The minimum Gasteiger partial charge on any atom is -0.325 e. The summed E-state index contributed by atoms with van der Waals surface area (Å²) < 4.78 is 34.8. The van der Waals surface area contributed by atoms with Gasteiger partial charge in [0.05, 0.1) is 12.2 Å². The van der Waals surface area contributed by atoms with Gasteiger partial charge in [0.15, 0.2) is 0 Å². The van der Waals surface area contributed by atoms with Gasteiger partial charge in [-0.15, -0.1) is 0 Å². The highest BCUT2D eigenvalue weighted by molar-refractivity contribution is 7.85. The van der Waals surface area contributed by atoms with Gasteiger partial charge in [-0.25, -0.2) is 0 Å². The highest BCUT2D eigenvalue weighted by atomic mass is 31.2. The van der Waals surface area contributed by atoms with Crippen LogP contribution in [-0.4, -0.2) is 30.3 Å². The Labute approximate surface area is 103 Å². The molecule has 0 radical (unpaired) electrons. The van der Waals surface area contributed by atoms with Crippen LogP contribution in [0.2, 0.25) is 0 Å². The van der Waals surface area contributed by atoms with Gasteiger partial charge in [0.2, 0.25) is 12.9 Å². The van der Waals surface area contributed by atoms with E-state index >= 15 is 0 Å². The van der Waals surface area contributed by atoms with Gasteiger partial charge in [-0.1, -0.05) is 0 Å². The zero-order valence-electron chi connectivity index (χ0n) is 11.3. The van der Waals surface area contributed by atoms with Crippen LogP contribution in [-0.2, 0) is 23.0 Å². The van der Waals surface area contributed by atoms with E-state index in [2.05, 4.69) is 0 Å². The molecule has 0 fully saturated rings. The molecule has 0 saturated heterocycles. The maximum Gasteiger partial charge on any atom is 0.276 e. The molecule has 17 heavy (non-hydrogen) atoms. The molecule has 0 aliphatic rings. The average molecular weight is 284 g/mol. The molecule has 0 spiro atoms. The standard InChI is InChI=1S/C10H22O5P2/c1-8(2)14-16(6,12)7-17(13,10(5)11)15-9(3)4/h8-9H,7H2,1-6H3. The Morgan fingerprint density at radius 1 is 1.06 bits per heavy atom. The summed E-state index contributed by atoms with van der Waals surface area (Å²) in [5.74, 6) is -0.328. The SMILES string of the molecule is CC(=O)P(=O)(CP(C)(=O)OC(C)C)OC(C)C. The molecule has 0 aromatic carbocycles. The molecule has 0 bridgehead atoms. The molecule has 7 heteroatoms. The summed E-state index contributed by atoms with van der Waals surface area (Å²) in [5.41, 5.74) is -0.569. The van der Waals surface area contributed by atoms with E-state index in [9.17, 15) is 13.9 Å². The molecule has 0 aliphatic heterocycles. The molecule has 5 nitrogen and oxygen atoms in total. The van der Waals surface area contributed by atoms with Crippen LogP contribution in [0.3, 0.4) is 0 Å². The lowest BCUT2D eigenvalue weighted by Gasteiger charge is -2.23. The zero-order valence-corrected chi connectivity index (χ0v) is 13.1. The summed E-state index contributed by atoms with van der Waals surface area (Å²) in [6.45, 7) is 9.40. The van der Waals surface area contributed by atoms with Crippen LogP contribution < -0.4 is 0 Å². The van der Waals surface area contributed by atoms with Gasteiger partial charge in [-0.2, -0.15) is 0 Å². The van der Waals surface area contributed by atoms with Gasteiger partial charge in [0, 0.05) is 13.6 Å². The molecule has 0 saturated carbocycles. The average Bonchev–Trinajstić information content (AvgIpc) is 1.96. The summed E-state index contributed by atoms with van der Waals surface area (Å²) in [5, 5.41) is 0. The fourth-order valence-corrected chi connectivity index (χ4v) is 7.12. The van der Waals surface area contributed by atoms with Gasteiger partial charge in [-0.3, -0.25) is 13.9 Å². The zero-order chi connectivity index (χ0) is 13.9. The lowest BCUT2D eigenvalue weighted by atomic mass is 10.5. The van der Waals surface area contributed by atoms with Crippen LogP contribution in [0.15, 0.2) is 0 Å². The number of carbonyl (C=O) groups excluding carboxylic acids is 1. The smallest absolute Gasteiger partial charge is 0.276 e. The van der Waals surface area contributed by atoms with Crippen LogP contribution in [0.5, 0.6) is 0 Å². The van der Waals surface area contributed by atoms with E-state index in [1.54, 1.807) is 27.7 Å². The molecular formula is C10H22O5P2. The molecule has 0 heterocycles. The summed E-state index contributed by atoms with van der Waals surface area (Å²) in [6.07, 6.45) is -0.603. The Morgan fingerprint density at radius 2 is 1.47 bits per heavy atom. The molecule has 102 valence electrons. The van der Waals surface area contributed by atoms with Crippen LogP contribution >= 0.6 is 14.7 Å². The molecule has 2 unspecified atom stereocenters. The third kappa shape index (κ3) is 6.52. The van der Waals surface area contributed by atoms with Crippen molar-refractivity contribution >= 4 is 20.3 Å². The maximum absolute atomic E-state index is 12.3. The normalized spacial score (nSPS) is 19.1. The van der Waals surface area contributed by atoms with Gasteiger partial charge in [0.25, 0.3) is 7.37 Å². The second-order valence-electron chi connectivity index (χ2n) is 4.66. The van der Waals surface area contributed by atoms with Crippen molar-refractivity contribution in [1.29, 1.82) is 0 Å². The predicted octanol–water partition coefficient (Wildman–Crippen LogP) is 3.53. The molecule has 0 N–H and O–H groups in total. The van der Waals surface area contributed by atoms with Crippen molar-refractivity contribution in [1.82, 2.24) is 0 Å². The van der Waals surface area contributed by atoms with Crippen LogP contribution in [0, 0.1) is 0 Å². The van der Waals surface area contributed by atoms with Gasteiger partial charge in [0.1, 0.15) is 5.90 Å². The minimum atomic E-state index is -3.55. The van der Waals surface area contributed by atoms with Gasteiger partial charge >= 0.3 is 0 Å². The largest absolute Gasteiger partial charge is 0.325 e. The Morgan fingerprint density at radius 3 is 1.76 bits per heavy atom. The van der Waals surface area contributed by atoms with Crippen molar-refractivity contribution in [3.05, 3.63) is 0 Å². The van der Waals surface area contributed by atoms with Crippen molar-refractivity contribution in [2.24, 2.45) is 0 Å². The summed E-state index contributed by atoms with van der Waals surface area (Å²) >= 11 is 0. The molecule has 2 atom stereocenters. The van der Waals surface area contributed by atoms with Crippen molar-refractivity contribution in [3.8, 4) is 0 Å². The highest BCUT2D eigenvalue weighted by Crippen LogP contribution is 2.62. The van der Waals surface area contributed by atoms with Crippen LogP contribution in [0.25, 0.3) is 0 Å². The number of hydrogen-bond donors (Lipinski definition) is 0. The lowest BCUT2D eigenvalue weighted by molar-refractivity contribution is -0.111. The quantitative estimate of drug-likeness (QED) is 0.669. The molecule has 0 amide bonds. The molecule has 0 aliphatic carbocycles. The van der Waals surface area contributed by atoms with Crippen LogP contribution in [0.4, 0.5) is 0 Å². The second-order valence-corrected chi connectivity index (χ2v) is 10.2. The molecule has 0 aromatic rings. The van der Waals surface area contributed by atoms with E-state index in [4.69, 9.17) is 9.05 Å². The Kier molecular flexibility index (Phi) is 6.30. The van der Waals surface area contributed by atoms with E-state index in [1.165, 1.54) is 13.6 Å². The predicted molar refractivity (Wildman–Crippen MR) is 69.1 cm³/mol. The lowest BCUT2D eigenvalue weighted by Crippen LogP contribution is -2.11. The molecule has 0 rings (SSSR count). The van der Waals surface area contributed by atoms with E-state index < -0.39 is 20.3 Å². The van der Waals surface area contributed by atoms with Crippen molar-refractivity contribution in [2.45, 2.75) is 46.8 Å². The summed E-state index contributed by atoms with van der Waals surface area (Å²) in [7, 11) is -6.64. The third-order valence-corrected chi connectivity index (χ3v) is 7.87. The van der Waals surface area contributed by atoms with Gasteiger partial charge in [-0.05, 0) is 27.7 Å². The molecular weight excluding hydrogens is 262 g/mol. The van der Waals surface area contributed by atoms with Crippen molar-refractivity contribution < 1.29 is 23.0 Å². The first kappa shape index (κ1) is 17.1. The Bertz CT molecular complexity index is 362. The number of carbonyl (C=O) groups is 1. The van der Waals surface area contributed by atoms with Crippen molar-refractivity contribution in [3.63, 3.8) is 0 Å². The third-order valence-electron chi connectivity index (χ3n) is 1.74. The monoisotopic (exact) mass is 284 g/mol. The Balaban J connectivity index is 4.95. The first-order valence-electron chi connectivity index (χ1n) is 5.52. The minimum absolute atomic E-state index is 0.245. The summed E-state index contributed by atoms with van der Waals surface area (Å²) in [4.78, 5) is 11.4. The topological polar surface area (TPSA) is 69.7 Å². The van der Waals surface area contributed by atoms with E-state index in [-0.39, 0.29) is 18.1 Å². The van der Waals surface area contributed by atoms with Crippen molar-refractivity contribution in [2.75, 3.05) is 12.6 Å². The Hall–Kier alpha value is 0.0500. The number of rotatable bonds is 7. The summed E-state index contributed by atoms with van der Waals surface area (Å²) in [6, 6.07) is 0. The fourth-order valence-electron chi connectivity index (χ4n) is 1.37. The van der Waals surface area contributed by atoms with Crippen LogP contribution in [0.1, 0.15) is 34.6 Å². The first-order chi connectivity index (χ1) is 7.48. The fraction of sp³-hybridized carbons (Fsp3) is 0.900. The van der Waals surface area contributed by atoms with E-state index in [0.717, 1.165) is 0 Å². The second kappa shape index (κ2) is 6.29. The van der Waals surface area contributed by atoms with Gasteiger partial charge < -0.3 is 9.05 Å². The number of hydrogen-bond acceptors (Lipinski definition) is 5. The highest BCUT2D eigenvalue weighted by Gasteiger charge is 2.38. The van der Waals surface area contributed by atoms with E-state index in [1.807, 2.05) is 0 Å². The molecule has 0 aromatic heterocycles. The first-order valence-corrected chi connectivity index (χ1v) is 9.59. The van der Waals surface area contributed by atoms with E-state index in [0.29, 0.717) is 0 Å². The maximum atomic E-state index is 12.3.